The number of β-amino-alcohol motifs (C(OH)–C–C–N with tert-alkyl or cyclic N) is 1. The summed E-state index contributed by atoms with van der Waals surface area (Å²) in [5.41, 5.74) is 2.78. The number of aliphatic hydroxyl groups excluding tert-OH is 1. The van der Waals surface area contributed by atoms with Gasteiger partial charge in [-0.25, -0.2) is 0 Å². The van der Waals surface area contributed by atoms with Crippen molar-refractivity contribution in [2.75, 3.05) is 26.8 Å². The van der Waals surface area contributed by atoms with Crippen molar-refractivity contribution < 1.29 is 9.84 Å². The molecule has 1 N–H and O–H groups in total. The van der Waals surface area contributed by atoms with Gasteiger partial charge in [0.2, 0.25) is 0 Å². The van der Waals surface area contributed by atoms with E-state index >= 15 is 0 Å². The minimum absolute atomic E-state index is 0.392. The summed E-state index contributed by atoms with van der Waals surface area (Å²) < 4.78 is 6.09. The van der Waals surface area contributed by atoms with Crippen molar-refractivity contribution in [2.24, 2.45) is 0 Å². The number of hydrogen-bond acceptors (Lipinski definition) is 3. The molecular formula is C13H18BrNO2. The van der Waals surface area contributed by atoms with Crippen LogP contribution in [0.5, 0.6) is 0 Å². The molecule has 4 heteroatoms. The lowest BCUT2D eigenvalue weighted by atomic mass is 10.00. The van der Waals surface area contributed by atoms with Crippen LogP contribution in [-0.2, 0) is 17.7 Å². The maximum Gasteiger partial charge on any atom is 0.0900 e. The van der Waals surface area contributed by atoms with Crippen LogP contribution in [0.1, 0.15) is 11.1 Å². The molecular weight excluding hydrogens is 282 g/mol. The van der Waals surface area contributed by atoms with Crippen LogP contribution in [-0.4, -0.2) is 42.9 Å². The van der Waals surface area contributed by atoms with Crippen LogP contribution < -0.4 is 0 Å². The van der Waals surface area contributed by atoms with Crippen molar-refractivity contribution in [3.8, 4) is 0 Å². The molecule has 1 aliphatic heterocycles. The van der Waals surface area contributed by atoms with Gasteiger partial charge in [-0.3, -0.25) is 4.90 Å². The van der Waals surface area contributed by atoms with Crippen LogP contribution in [0.25, 0.3) is 0 Å². The monoisotopic (exact) mass is 299 g/mol. The summed E-state index contributed by atoms with van der Waals surface area (Å²) in [7, 11) is 1.62. The Morgan fingerprint density at radius 3 is 3.06 bits per heavy atom. The Hall–Kier alpha value is -0.420. The predicted molar refractivity (Wildman–Crippen MR) is 71.0 cm³/mol. The molecule has 17 heavy (non-hydrogen) atoms. The number of rotatable bonds is 4. The first-order valence-electron chi connectivity index (χ1n) is 5.85. The number of halogens is 1. The Bertz CT molecular complexity index is 384. The molecule has 94 valence electrons. The Labute approximate surface area is 111 Å². The fourth-order valence-corrected chi connectivity index (χ4v) is 2.69. The second-order valence-electron chi connectivity index (χ2n) is 4.51. The van der Waals surface area contributed by atoms with E-state index in [1.54, 1.807) is 7.11 Å². The van der Waals surface area contributed by atoms with E-state index < -0.39 is 6.10 Å². The molecule has 0 saturated carbocycles. The molecule has 3 nitrogen and oxygen atoms in total. The van der Waals surface area contributed by atoms with E-state index in [4.69, 9.17) is 4.74 Å². The third kappa shape index (κ3) is 3.52. The molecule has 1 heterocycles. The number of benzene rings is 1. The number of hydrogen-bond donors (Lipinski definition) is 1. The molecule has 0 radical (unpaired) electrons. The Morgan fingerprint density at radius 1 is 1.47 bits per heavy atom. The Kier molecular flexibility index (Phi) is 4.56. The highest BCUT2D eigenvalue weighted by molar-refractivity contribution is 9.10. The lowest BCUT2D eigenvalue weighted by Gasteiger charge is -2.30. The van der Waals surface area contributed by atoms with Crippen molar-refractivity contribution in [1.29, 1.82) is 0 Å². The lowest BCUT2D eigenvalue weighted by Crippen LogP contribution is -2.38. The second-order valence-corrected chi connectivity index (χ2v) is 5.42. The summed E-state index contributed by atoms with van der Waals surface area (Å²) in [4.78, 5) is 2.28. The molecule has 1 atom stereocenters. The maximum absolute atomic E-state index is 9.72. The van der Waals surface area contributed by atoms with Crippen LogP contribution in [0.15, 0.2) is 22.7 Å². The first kappa shape index (κ1) is 13.0. The van der Waals surface area contributed by atoms with E-state index in [0.29, 0.717) is 13.2 Å². The van der Waals surface area contributed by atoms with Gasteiger partial charge in [0.05, 0.1) is 12.7 Å². The van der Waals surface area contributed by atoms with E-state index in [0.717, 1.165) is 24.0 Å². The smallest absolute Gasteiger partial charge is 0.0900 e. The molecule has 0 saturated heterocycles. The molecule has 0 unspecified atom stereocenters. The van der Waals surface area contributed by atoms with Crippen LogP contribution in [0, 0.1) is 0 Å². The SMILES string of the molecule is COC[C@H](O)CN1CCc2cc(Br)ccc2C1. The average Bonchev–Trinajstić information content (AvgIpc) is 2.29. The maximum atomic E-state index is 9.72. The van der Waals surface area contributed by atoms with Crippen molar-refractivity contribution >= 4 is 15.9 Å². The predicted octanol–water partition coefficient (Wildman–Crippen LogP) is 1.81. The summed E-state index contributed by atoms with van der Waals surface area (Å²) in [6.07, 6.45) is 0.658. The highest BCUT2D eigenvalue weighted by Gasteiger charge is 2.18. The topological polar surface area (TPSA) is 32.7 Å². The van der Waals surface area contributed by atoms with Crippen molar-refractivity contribution in [2.45, 2.75) is 19.1 Å². The third-order valence-electron chi connectivity index (χ3n) is 3.09. The minimum Gasteiger partial charge on any atom is -0.389 e. The zero-order valence-corrected chi connectivity index (χ0v) is 11.6. The number of fused-ring (bicyclic) bond motifs is 1. The molecule has 0 bridgehead atoms. The normalized spacial score (nSPS) is 17.8. The summed E-state index contributed by atoms with van der Waals surface area (Å²) >= 11 is 3.50. The van der Waals surface area contributed by atoms with Gasteiger partial charge in [0.25, 0.3) is 0 Å². The molecule has 0 amide bonds. The van der Waals surface area contributed by atoms with Gasteiger partial charge in [-0.2, -0.15) is 0 Å². The van der Waals surface area contributed by atoms with Gasteiger partial charge in [-0.15, -0.1) is 0 Å². The van der Waals surface area contributed by atoms with Crippen molar-refractivity contribution in [3.63, 3.8) is 0 Å². The molecule has 1 aromatic rings. The standard InChI is InChI=1S/C13H18BrNO2/c1-17-9-13(16)8-15-5-4-10-6-12(14)3-2-11(10)7-15/h2-3,6,13,16H,4-5,7-9H2,1H3/t13-/m1/s1. The van der Waals surface area contributed by atoms with Crippen LogP contribution in [0.4, 0.5) is 0 Å². The molecule has 0 aromatic heterocycles. The first-order chi connectivity index (χ1) is 8.19. The quantitative estimate of drug-likeness (QED) is 0.920. The second kappa shape index (κ2) is 5.96. The van der Waals surface area contributed by atoms with Crippen LogP contribution in [0.2, 0.25) is 0 Å². The van der Waals surface area contributed by atoms with Crippen molar-refractivity contribution in [1.82, 2.24) is 4.90 Å². The van der Waals surface area contributed by atoms with E-state index in [9.17, 15) is 5.11 Å². The summed E-state index contributed by atoms with van der Waals surface area (Å²) in [5, 5.41) is 9.72. The van der Waals surface area contributed by atoms with Gasteiger partial charge in [0, 0.05) is 31.2 Å². The largest absolute Gasteiger partial charge is 0.389 e. The summed E-state index contributed by atoms with van der Waals surface area (Å²) in [6.45, 7) is 3.01. The van der Waals surface area contributed by atoms with Crippen LogP contribution >= 0.6 is 15.9 Å². The molecule has 1 aliphatic rings. The van der Waals surface area contributed by atoms with E-state index in [1.165, 1.54) is 11.1 Å². The molecule has 1 aromatic carbocycles. The minimum atomic E-state index is -0.392. The Balaban J connectivity index is 1.96. The van der Waals surface area contributed by atoms with E-state index in [2.05, 4.69) is 39.0 Å². The first-order valence-corrected chi connectivity index (χ1v) is 6.65. The average molecular weight is 300 g/mol. The van der Waals surface area contributed by atoms with Gasteiger partial charge in [-0.1, -0.05) is 22.0 Å². The van der Waals surface area contributed by atoms with E-state index in [1.807, 2.05) is 0 Å². The highest BCUT2D eigenvalue weighted by Crippen LogP contribution is 2.22. The Morgan fingerprint density at radius 2 is 2.29 bits per heavy atom. The zero-order valence-electron chi connectivity index (χ0n) is 10.0. The van der Waals surface area contributed by atoms with E-state index in [-0.39, 0.29) is 0 Å². The number of ether oxygens (including phenoxy) is 1. The van der Waals surface area contributed by atoms with Crippen molar-refractivity contribution in [3.05, 3.63) is 33.8 Å². The van der Waals surface area contributed by atoms with Gasteiger partial charge in [0.15, 0.2) is 0 Å². The summed E-state index contributed by atoms with van der Waals surface area (Å²) in [5.74, 6) is 0. The fraction of sp³-hybridized carbons (Fsp3) is 0.538. The van der Waals surface area contributed by atoms with Gasteiger partial charge < -0.3 is 9.84 Å². The molecule has 0 spiro atoms. The van der Waals surface area contributed by atoms with Gasteiger partial charge in [-0.05, 0) is 29.7 Å². The lowest BCUT2D eigenvalue weighted by molar-refractivity contribution is 0.0346. The van der Waals surface area contributed by atoms with Crippen LogP contribution in [0.3, 0.4) is 0 Å². The summed E-state index contributed by atoms with van der Waals surface area (Å²) in [6, 6.07) is 6.43. The molecule has 0 fully saturated rings. The fourth-order valence-electron chi connectivity index (χ4n) is 2.28. The van der Waals surface area contributed by atoms with Gasteiger partial charge >= 0.3 is 0 Å². The zero-order chi connectivity index (χ0) is 12.3. The molecule has 0 aliphatic carbocycles. The number of methoxy groups -OCH3 is 1. The number of nitrogens with zero attached hydrogens (tertiary/aromatic N) is 1. The number of aliphatic hydroxyl groups is 1. The highest BCUT2D eigenvalue weighted by atomic mass is 79.9. The third-order valence-corrected chi connectivity index (χ3v) is 3.58. The van der Waals surface area contributed by atoms with Gasteiger partial charge in [0.1, 0.15) is 0 Å². The molecule has 2 rings (SSSR count).